The molecule has 2 unspecified atom stereocenters. The molecule has 0 aliphatic rings. The van der Waals surface area contributed by atoms with Gasteiger partial charge < -0.3 is 10.4 Å². The molecule has 0 fully saturated rings. The van der Waals surface area contributed by atoms with E-state index in [-0.39, 0.29) is 12.0 Å². The summed E-state index contributed by atoms with van der Waals surface area (Å²) in [6.07, 6.45) is -8.43. The highest BCUT2D eigenvalue weighted by molar-refractivity contribution is 5.91. The highest BCUT2D eigenvalue weighted by Gasteiger charge is 2.46. The first-order chi connectivity index (χ1) is 13.7. The largest absolute Gasteiger partial charge is 0.416 e. The molecule has 1 aromatic heterocycles. The standard InChI is InChI=1S/C20H20F5N3O/c1-3-19(17(29)18(21)22,12-7-9-13(10-8-12)20(23,24)25)28-16-6-4-5-15(26-2)14(16)11-27-28/h4-11,17-18,26,29H,3H2,1-2H3. The van der Waals surface area contributed by atoms with Gasteiger partial charge in [0.05, 0.1) is 17.3 Å². The molecule has 0 aliphatic carbocycles. The van der Waals surface area contributed by atoms with Crippen molar-refractivity contribution in [3.05, 3.63) is 59.8 Å². The van der Waals surface area contributed by atoms with Crippen molar-refractivity contribution in [3.63, 3.8) is 0 Å². The second kappa shape index (κ2) is 7.62. The SMILES string of the molecule is CCC(c1ccc(C(F)(F)F)cc1)(C(O)C(F)F)n1ncc2c(NC)cccc21. The molecular weight excluding hydrogens is 393 g/mol. The Kier molecular flexibility index (Phi) is 5.53. The van der Waals surface area contributed by atoms with Crippen molar-refractivity contribution < 1.29 is 27.1 Å². The third-order valence-corrected chi connectivity index (χ3v) is 5.24. The van der Waals surface area contributed by atoms with E-state index in [1.54, 1.807) is 32.2 Å². The molecule has 0 aliphatic heterocycles. The predicted octanol–water partition coefficient (Wildman–Crippen LogP) is 4.88. The number of hydrogen-bond donors (Lipinski definition) is 2. The molecule has 2 N–H and O–H groups in total. The van der Waals surface area contributed by atoms with Crippen LogP contribution in [0.5, 0.6) is 0 Å². The normalized spacial score (nSPS) is 15.5. The van der Waals surface area contributed by atoms with E-state index in [9.17, 15) is 27.1 Å². The van der Waals surface area contributed by atoms with Crippen molar-refractivity contribution in [1.29, 1.82) is 0 Å². The number of fused-ring (bicyclic) bond motifs is 1. The number of benzene rings is 2. The van der Waals surface area contributed by atoms with Crippen LogP contribution in [-0.4, -0.2) is 34.5 Å². The Morgan fingerprint density at radius 3 is 2.21 bits per heavy atom. The van der Waals surface area contributed by atoms with Gasteiger partial charge in [0.1, 0.15) is 11.6 Å². The van der Waals surface area contributed by atoms with E-state index in [1.165, 1.54) is 10.9 Å². The highest BCUT2D eigenvalue weighted by Crippen LogP contribution is 2.40. The van der Waals surface area contributed by atoms with Crippen LogP contribution < -0.4 is 5.32 Å². The number of anilines is 1. The van der Waals surface area contributed by atoms with Gasteiger partial charge in [-0.25, -0.2) is 8.78 Å². The summed E-state index contributed by atoms with van der Waals surface area (Å²) in [5.41, 5.74) is -1.37. The summed E-state index contributed by atoms with van der Waals surface area (Å²) < 4.78 is 67.6. The Morgan fingerprint density at radius 2 is 1.69 bits per heavy atom. The van der Waals surface area contributed by atoms with Crippen LogP contribution in [0, 0.1) is 0 Å². The molecule has 0 radical (unpaired) electrons. The van der Waals surface area contributed by atoms with Crippen molar-refractivity contribution in [3.8, 4) is 0 Å². The maximum absolute atomic E-state index is 13.7. The molecule has 0 saturated carbocycles. The lowest BCUT2D eigenvalue weighted by molar-refractivity contribution is -0.137. The Labute approximate surface area is 164 Å². The minimum Gasteiger partial charge on any atom is -0.388 e. The van der Waals surface area contributed by atoms with Gasteiger partial charge in [-0.15, -0.1) is 0 Å². The number of hydrogen-bond acceptors (Lipinski definition) is 3. The Balaban J connectivity index is 2.28. The smallest absolute Gasteiger partial charge is 0.388 e. The monoisotopic (exact) mass is 413 g/mol. The molecule has 0 spiro atoms. The van der Waals surface area contributed by atoms with Crippen LogP contribution >= 0.6 is 0 Å². The first-order valence-corrected chi connectivity index (χ1v) is 8.95. The quantitative estimate of drug-likeness (QED) is 0.567. The molecule has 3 rings (SSSR count). The van der Waals surface area contributed by atoms with Crippen LogP contribution in [-0.2, 0) is 11.7 Å². The zero-order valence-electron chi connectivity index (χ0n) is 15.7. The van der Waals surface area contributed by atoms with Crippen LogP contribution in [0.25, 0.3) is 10.9 Å². The fourth-order valence-corrected chi connectivity index (χ4v) is 3.72. The van der Waals surface area contributed by atoms with Crippen LogP contribution in [0.1, 0.15) is 24.5 Å². The number of halogens is 5. The average Bonchev–Trinajstić information content (AvgIpc) is 3.13. The summed E-state index contributed by atoms with van der Waals surface area (Å²) >= 11 is 0. The minimum atomic E-state index is -4.56. The van der Waals surface area contributed by atoms with Crippen LogP contribution in [0.2, 0.25) is 0 Å². The number of aromatic nitrogens is 2. The number of nitrogens with zero attached hydrogens (tertiary/aromatic N) is 2. The van der Waals surface area contributed by atoms with Gasteiger partial charge in [0.15, 0.2) is 0 Å². The molecule has 29 heavy (non-hydrogen) atoms. The van der Waals surface area contributed by atoms with Crippen molar-refractivity contribution in [2.45, 2.75) is 37.6 Å². The minimum absolute atomic E-state index is 0.0234. The van der Waals surface area contributed by atoms with E-state index in [4.69, 9.17) is 0 Å². The molecule has 4 nitrogen and oxygen atoms in total. The van der Waals surface area contributed by atoms with E-state index in [2.05, 4.69) is 10.4 Å². The number of alkyl halides is 5. The maximum Gasteiger partial charge on any atom is 0.416 e. The highest BCUT2D eigenvalue weighted by atomic mass is 19.4. The molecule has 2 atom stereocenters. The summed E-state index contributed by atoms with van der Waals surface area (Å²) in [4.78, 5) is 0. The lowest BCUT2D eigenvalue weighted by Gasteiger charge is -2.38. The van der Waals surface area contributed by atoms with Crippen LogP contribution in [0.15, 0.2) is 48.7 Å². The Hall–Kier alpha value is -2.68. The van der Waals surface area contributed by atoms with Gasteiger partial charge >= 0.3 is 6.18 Å². The topological polar surface area (TPSA) is 50.1 Å². The average molecular weight is 413 g/mol. The van der Waals surface area contributed by atoms with Gasteiger partial charge in [0.2, 0.25) is 0 Å². The third kappa shape index (κ3) is 3.43. The van der Waals surface area contributed by atoms with E-state index in [0.29, 0.717) is 16.6 Å². The fraction of sp³-hybridized carbons (Fsp3) is 0.350. The molecule has 9 heteroatoms. The zero-order chi connectivity index (χ0) is 21.4. The number of rotatable bonds is 6. The van der Waals surface area contributed by atoms with Gasteiger partial charge in [-0.05, 0) is 36.2 Å². The lowest BCUT2D eigenvalue weighted by Crippen LogP contribution is -2.49. The summed E-state index contributed by atoms with van der Waals surface area (Å²) in [6, 6.07) is 9.03. The van der Waals surface area contributed by atoms with Crippen molar-refractivity contribution in [2.24, 2.45) is 0 Å². The third-order valence-electron chi connectivity index (χ3n) is 5.24. The Morgan fingerprint density at radius 1 is 1.07 bits per heavy atom. The van der Waals surface area contributed by atoms with Crippen molar-refractivity contribution >= 4 is 16.6 Å². The first-order valence-electron chi connectivity index (χ1n) is 8.95. The van der Waals surface area contributed by atoms with Gasteiger partial charge in [0.25, 0.3) is 6.43 Å². The van der Waals surface area contributed by atoms with Gasteiger partial charge in [-0.3, -0.25) is 4.68 Å². The molecule has 156 valence electrons. The first kappa shape index (κ1) is 21.0. The van der Waals surface area contributed by atoms with Gasteiger partial charge in [-0.2, -0.15) is 18.3 Å². The summed E-state index contributed by atoms with van der Waals surface area (Å²) in [7, 11) is 1.70. The van der Waals surface area contributed by atoms with E-state index >= 15 is 0 Å². The van der Waals surface area contributed by atoms with Crippen LogP contribution in [0.4, 0.5) is 27.6 Å². The van der Waals surface area contributed by atoms with Gasteiger partial charge in [-0.1, -0.05) is 25.1 Å². The van der Waals surface area contributed by atoms with E-state index in [1.807, 2.05) is 0 Å². The molecule has 2 aromatic carbocycles. The predicted molar refractivity (Wildman–Crippen MR) is 100 cm³/mol. The van der Waals surface area contributed by atoms with Gasteiger partial charge in [0, 0.05) is 18.1 Å². The van der Waals surface area contributed by atoms with Crippen molar-refractivity contribution in [2.75, 3.05) is 12.4 Å². The van der Waals surface area contributed by atoms with E-state index < -0.39 is 29.8 Å². The molecule has 3 aromatic rings. The second-order valence-electron chi connectivity index (χ2n) is 6.68. The number of aliphatic hydroxyl groups excluding tert-OH is 1. The summed E-state index contributed by atoms with van der Waals surface area (Å²) in [5.74, 6) is 0. The summed E-state index contributed by atoms with van der Waals surface area (Å²) in [5, 5.41) is 18.4. The molecular formula is C20H20F5N3O. The number of aliphatic hydroxyl groups is 1. The molecule has 0 saturated heterocycles. The lowest BCUT2D eigenvalue weighted by atomic mass is 9.81. The molecule has 1 heterocycles. The summed E-state index contributed by atoms with van der Waals surface area (Å²) in [6.45, 7) is 1.58. The zero-order valence-corrected chi connectivity index (χ0v) is 15.7. The Bertz CT molecular complexity index is 984. The maximum atomic E-state index is 13.7. The van der Waals surface area contributed by atoms with E-state index in [0.717, 1.165) is 24.3 Å². The van der Waals surface area contributed by atoms with Crippen molar-refractivity contribution in [1.82, 2.24) is 9.78 Å². The van der Waals surface area contributed by atoms with Crippen LogP contribution in [0.3, 0.4) is 0 Å². The fourth-order valence-electron chi connectivity index (χ4n) is 3.72. The molecule has 0 amide bonds. The number of nitrogens with one attached hydrogen (secondary N) is 1. The second-order valence-corrected chi connectivity index (χ2v) is 6.68. The molecule has 0 bridgehead atoms.